The summed E-state index contributed by atoms with van der Waals surface area (Å²) in [5.41, 5.74) is 0.226. The molecule has 6 nitrogen and oxygen atoms in total. The molecule has 1 N–H and O–H groups in total. The number of nitrogens with zero attached hydrogens (tertiary/aromatic N) is 4. The molecule has 0 fully saturated rings. The molecule has 2 heterocycles. The highest BCUT2D eigenvalue weighted by Gasteiger charge is 2.42. The molecule has 7 heteroatoms. The van der Waals surface area contributed by atoms with Gasteiger partial charge in [-0.05, 0) is 37.6 Å². The topological polar surface area (TPSA) is 102 Å². The number of aromatic nitrogens is 3. The molecule has 4 rings (SSSR count). The number of nitriles is 2. The van der Waals surface area contributed by atoms with E-state index in [4.69, 9.17) is 9.68 Å². The number of furan rings is 1. The van der Waals surface area contributed by atoms with Gasteiger partial charge < -0.3 is 4.42 Å². The fraction of sp³-hybridized carbons (Fsp3) is 0.143. The van der Waals surface area contributed by atoms with Crippen LogP contribution < -0.4 is 0 Å². The molecule has 2 aromatic heterocycles. The summed E-state index contributed by atoms with van der Waals surface area (Å²) >= 11 is 0. The lowest BCUT2D eigenvalue weighted by Gasteiger charge is -2.25. The van der Waals surface area contributed by atoms with Crippen molar-refractivity contribution in [3.63, 3.8) is 0 Å². The van der Waals surface area contributed by atoms with Crippen LogP contribution in [-0.2, 0) is 5.67 Å². The standard InChI is InChI=1S/C21H14FN5O/c1-12-13(2)28-19-15(10-24)5-8-17(18(12)19)21(22,20-25-11-26-27-20)16-6-3-14(9-23)4-7-16/h3-8,11H,1-2H3,(H,25,26,27). The van der Waals surface area contributed by atoms with Gasteiger partial charge in [0.25, 0.3) is 0 Å². The third kappa shape index (κ3) is 2.38. The first-order chi connectivity index (χ1) is 13.5. The Kier molecular flexibility index (Phi) is 3.94. The van der Waals surface area contributed by atoms with Crippen molar-refractivity contribution in [3.05, 3.63) is 82.1 Å². The van der Waals surface area contributed by atoms with Gasteiger partial charge in [0.05, 0.1) is 17.2 Å². The predicted molar refractivity (Wildman–Crippen MR) is 98.9 cm³/mol. The van der Waals surface area contributed by atoms with Crippen molar-refractivity contribution >= 4 is 11.0 Å². The number of rotatable bonds is 3. The maximum Gasteiger partial charge on any atom is 0.220 e. The Bertz CT molecular complexity index is 1260. The molecule has 0 radical (unpaired) electrons. The lowest BCUT2D eigenvalue weighted by atomic mass is 9.83. The van der Waals surface area contributed by atoms with Gasteiger partial charge in [0.15, 0.2) is 11.4 Å². The first kappa shape index (κ1) is 17.4. The zero-order chi connectivity index (χ0) is 19.9. The average molecular weight is 371 g/mol. The van der Waals surface area contributed by atoms with Crippen molar-refractivity contribution in [2.75, 3.05) is 0 Å². The molecule has 0 bridgehead atoms. The van der Waals surface area contributed by atoms with Crippen molar-refractivity contribution in [1.29, 1.82) is 10.5 Å². The molecular formula is C21H14FN5O. The highest BCUT2D eigenvalue weighted by molar-refractivity contribution is 5.91. The van der Waals surface area contributed by atoms with Crippen LogP contribution in [0.15, 0.2) is 47.1 Å². The second kappa shape index (κ2) is 6.33. The Balaban J connectivity index is 2.10. The summed E-state index contributed by atoms with van der Waals surface area (Å²) in [6, 6.07) is 13.4. The molecule has 28 heavy (non-hydrogen) atoms. The van der Waals surface area contributed by atoms with E-state index in [1.807, 2.05) is 13.0 Å². The van der Waals surface area contributed by atoms with E-state index in [0.717, 1.165) is 5.56 Å². The van der Waals surface area contributed by atoms with Gasteiger partial charge in [0.1, 0.15) is 18.2 Å². The SMILES string of the molecule is Cc1oc2c(C#N)ccc(C(F)(c3ccc(C#N)cc3)c3ncn[nH]3)c2c1C. The molecule has 0 saturated carbocycles. The van der Waals surface area contributed by atoms with Gasteiger partial charge in [0, 0.05) is 16.5 Å². The summed E-state index contributed by atoms with van der Waals surface area (Å²) in [6.07, 6.45) is 1.24. The second-order valence-electron chi connectivity index (χ2n) is 6.44. The lowest BCUT2D eigenvalue weighted by Crippen LogP contribution is -2.26. The molecule has 136 valence electrons. The summed E-state index contributed by atoms with van der Waals surface area (Å²) in [4.78, 5) is 4.07. The van der Waals surface area contributed by atoms with Crippen LogP contribution in [0.1, 0.15) is 39.4 Å². The van der Waals surface area contributed by atoms with Crippen LogP contribution in [0.25, 0.3) is 11.0 Å². The van der Waals surface area contributed by atoms with Gasteiger partial charge in [-0.15, -0.1) is 0 Å². The van der Waals surface area contributed by atoms with Crippen molar-refractivity contribution in [2.24, 2.45) is 0 Å². The molecule has 0 spiro atoms. The normalized spacial score (nSPS) is 13.0. The highest BCUT2D eigenvalue weighted by atomic mass is 19.1. The Morgan fingerprint density at radius 1 is 1.07 bits per heavy atom. The van der Waals surface area contributed by atoms with Crippen LogP contribution >= 0.6 is 0 Å². The highest BCUT2D eigenvalue weighted by Crippen LogP contribution is 2.44. The number of halogens is 1. The van der Waals surface area contributed by atoms with E-state index in [1.165, 1.54) is 12.4 Å². The first-order valence-electron chi connectivity index (χ1n) is 8.49. The molecule has 0 aliphatic carbocycles. The van der Waals surface area contributed by atoms with E-state index in [0.29, 0.717) is 27.9 Å². The smallest absolute Gasteiger partial charge is 0.220 e. The summed E-state index contributed by atoms with van der Waals surface area (Å²) in [6.45, 7) is 3.60. The molecule has 0 amide bonds. The fourth-order valence-electron chi connectivity index (χ4n) is 3.41. The molecule has 4 aromatic rings. The number of nitrogens with one attached hydrogen (secondary N) is 1. The van der Waals surface area contributed by atoms with Gasteiger partial charge in [-0.25, -0.2) is 9.37 Å². The minimum absolute atomic E-state index is 0.00136. The van der Waals surface area contributed by atoms with Crippen LogP contribution in [0.5, 0.6) is 0 Å². The molecule has 0 saturated heterocycles. The van der Waals surface area contributed by atoms with E-state index < -0.39 is 5.67 Å². The molecule has 0 aliphatic rings. The number of aryl methyl sites for hydroxylation is 2. The average Bonchev–Trinajstić information content (AvgIpc) is 3.36. The molecular weight excluding hydrogens is 357 g/mol. The maximum atomic E-state index is 16.9. The van der Waals surface area contributed by atoms with Crippen LogP contribution in [0, 0.1) is 36.5 Å². The molecule has 2 aromatic carbocycles. The zero-order valence-corrected chi connectivity index (χ0v) is 15.1. The lowest BCUT2D eigenvalue weighted by molar-refractivity contribution is 0.268. The number of benzene rings is 2. The van der Waals surface area contributed by atoms with Crippen LogP contribution in [0.2, 0.25) is 0 Å². The molecule has 0 aliphatic heterocycles. The van der Waals surface area contributed by atoms with Gasteiger partial charge in [-0.3, -0.25) is 5.10 Å². The summed E-state index contributed by atoms with van der Waals surface area (Å²) < 4.78 is 22.6. The number of H-pyrrole nitrogens is 1. The maximum absolute atomic E-state index is 16.9. The van der Waals surface area contributed by atoms with Crippen molar-refractivity contribution in [3.8, 4) is 12.1 Å². The Hall–Kier alpha value is -3.97. The predicted octanol–water partition coefficient (Wildman–Crippen LogP) is 4.17. The van der Waals surface area contributed by atoms with Crippen LogP contribution in [-0.4, -0.2) is 15.2 Å². The number of fused-ring (bicyclic) bond motifs is 1. The van der Waals surface area contributed by atoms with Crippen molar-refractivity contribution in [2.45, 2.75) is 19.5 Å². The third-order valence-electron chi connectivity index (χ3n) is 4.96. The van der Waals surface area contributed by atoms with Crippen molar-refractivity contribution < 1.29 is 8.81 Å². The largest absolute Gasteiger partial charge is 0.460 e. The quantitative estimate of drug-likeness (QED) is 0.582. The number of hydrogen-bond acceptors (Lipinski definition) is 5. The van der Waals surface area contributed by atoms with E-state index in [1.54, 1.807) is 37.3 Å². The third-order valence-corrected chi connectivity index (χ3v) is 4.96. The van der Waals surface area contributed by atoms with E-state index in [9.17, 15) is 5.26 Å². The van der Waals surface area contributed by atoms with E-state index >= 15 is 4.39 Å². The van der Waals surface area contributed by atoms with Crippen LogP contribution in [0.3, 0.4) is 0 Å². The minimum Gasteiger partial charge on any atom is -0.460 e. The second-order valence-corrected chi connectivity index (χ2v) is 6.44. The van der Waals surface area contributed by atoms with Gasteiger partial charge in [0.2, 0.25) is 5.67 Å². The monoisotopic (exact) mass is 371 g/mol. The summed E-state index contributed by atoms with van der Waals surface area (Å²) in [5, 5.41) is 25.4. The fourth-order valence-corrected chi connectivity index (χ4v) is 3.41. The first-order valence-corrected chi connectivity index (χ1v) is 8.49. The van der Waals surface area contributed by atoms with Gasteiger partial charge >= 0.3 is 0 Å². The molecule has 1 unspecified atom stereocenters. The Morgan fingerprint density at radius 3 is 2.43 bits per heavy atom. The van der Waals surface area contributed by atoms with Crippen LogP contribution in [0.4, 0.5) is 4.39 Å². The number of alkyl halides is 1. The minimum atomic E-state index is -2.18. The molecule has 1 atom stereocenters. The van der Waals surface area contributed by atoms with Gasteiger partial charge in [-0.1, -0.05) is 18.2 Å². The zero-order valence-electron chi connectivity index (χ0n) is 15.1. The Labute approximate surface area is 159 Å². The number of aromatic amines is 1. The van der Waals surface area contributed by atoms with E-state index in [-0.39, 0.29) is 17.0 Å². The van der Waals surface area contributed by atoms with Gasteiger partial charge in [-0.2, -0.15) is 15.6 Å². The van der Waals surface area contributed by atoms with E-state index in [2.05, 4.69) is 21.3 Å². The van der Waals surface area contributed by atoms with Crippen molar-refractivity contribution in [1.82, 2.24) is 15.2 Å². The Morgan fingerprint density at radius 2 is 1.82 bits per heavy atom. The summed E-state index contributed by atoms with van der Waals surface area (Å²) in [5.74, 6) is 0.611. The number of hydrogen-bond donors (Lipinski definition) is 1. The summed E-state index contributed by atoms with van der Waals surface area (Å²) in [7, 11) is 0.